The van der Waals surface area contributed by atoms with Crippen LogP contribution in [0.25, 0.3) is 0 Å². The van der Waals surface area contributed by atoms with E-state index in [4.69, 9.17) is 4.74 Å². The van der Waals surface area contributed by atoms with Crippen LogP contribution in [0.5, 0.6) is 0 Å². The fourth-order valence-corrected chi connectivity index (χ4v) is 2.71. The Morgan fingerprint density at radius 3 is 2.71 bits per heavy atom. The molecule has 21 heavy (non-hydrogen) atoms. The minimum atomic E-state index is -0.430. The van der Waals surface area contributed by atoms with Gasteiger partial charge in [-0.3, -0.25) is 4.90 Å². The molecule has 1 heterocycles. The lowest BCUT2D eigenvalue weighted by Crippen LogP contribution is -2.52. The maximum atomic E-state index is 11.9. The Kier molecular flexibility index (Phi) is 7.50. The van der Waals surface area contributed by atoms with Gasteiger partial charge >= 0.3 is 6.09 Å². The second-order valence-corrected chi connectivity index (χ2v) is 7.35. The molecular weight excluding hydrogens is 264 g/mol. The van der Waals surface area contributed by atoms with Crippen LogP contribution in [-0.4, -0.2) is 35.8 Å². The predicted molar refractivity (Wildman–Crippen MR) is 87.3 cm³/mol. The average Bonchev–Trinajstić information content (AvgIpc) is 2.38. The number of amides is 1. The summed E-state index contributed by atoms with van der Waals surface area (Å²) in [5, 5.41) is 3.04. The van der Waals surface area contributed by atoms with Gasteiger partial charge in [-0.15, -0.1) is 0 Å². The molecule has 1 N–H and O–H groups in total. The molecule has 0 aromatic carbocycles. The van der Waals surface area contributed by atoms with Gasteiger partial charge in [0.05, 0.1) is 6.17 Å². The molecule has 1 rings (SSSR count). The van der Waals surface area contributed by atoms with Crippen LogP contribution in [0.1, 0.15) is 73.1 Å². The molecule has 1 amide bonds. The molecule has 0 radical (unpaired) electrons. The molecule has 0 aromatic heterocycles. The van der Waals surface area contributed by atoms with Gasteiger partial charge in [-0.05, 0) is 58.8 Å². The molecule has 124 valence electrons. The summed E-state index contributed by atoms with van der Waals surface area (Å²) >= 11 is 0. The van der Waals surface area contributed by atoms with Crippen molar-refractivity contribution in [1.29, 1.82) is 0 Å². The number of hydrogen-bond donors (Lipinski definition) is 1. The van der Waals surface area contributed by atoms with Gasteiger partial charge in [0.2, 0.25) is 0 Å². The normalized spacial score (nSPS) is 21.9. The van der Waals surface area contributed by atoms with Gasteiger partial charge in [0.1, 0.15) is 5.60 Å². The van der Waals surface area contributed by atoms with Gasteiger partial charge < -0.3 is 10.1 Å². The summed E-state index contributed by atoms with van der Waals surface area (Å²) < 4.78 is 5.37. The van der Waals surface area contributed by atoms with Gasteiger partial charge in [-0.1, -0.05) is 20.3 Å². The molecule has 4 heteroatoms. The fourth-order valence-electron chi connectivity index (χ4n) is 2.71. The maximum Gasteiger partial charge on any atom is 0.408 e. The third-order valence-corrected chi connectivity index (χ3v) is 4.14. The SMILES string of the molecule is CC[C@H](C)CCCN1CCCCC1NC(=O)OC(C)(C)C. The number of ether oxygens (including phenoxy) is 1. The Morgan fingerprint density at radius 2 is 2.10 bits per heavy atom. The molecule has 1 fully saturated rings. The quantitative estimate of drug-likeness (QED) is 0.801. The molecule has 0 aliphatic carbocycles. The highest BCUT2D eigenvalue weighted by molar-refractivity contribution is 5.68. The van der Waals surface area contributed by atoms with Crippen molar-refractivity contribution in [2.75, 3.05) is 13.1 Å². The van der Waals surface area contributed by atoms with E-state index in [1.165, 1.54) is 32.1 Å². The Balaban J connectivity index is 2.40. The highest BCUT2D eigenvalue weighted by Gasteiger charge is 2.25. The topological polar surface area (TPSA) is 41.6 Å². The standard InChI is InChI=1S/C17H34N2O2/c1-6-14(2)10-9-13-19-12-8-7-11-15(19)18-16(20)21-17(3,4)5/h14-15H,6-13H2,1-5H3,(H,18,20)/t14-,15?/m0/s1. The zero-order chi connectivity index (χ0) is 15.9. The molecule has 0 aromatic rings. The smallest absolute Gasteiger partial charge is 0.408 e. The lowest BCUT2D eigenvalue weighted by molar-refractivity contribution is 0.0362. The largest absolute Gasteiger partial charge is 0.444 e. The van der Waals surface area contributed by atoms with Crippen LogP contribution in [0.15, 0.2) is 0 Å². The first-order valence-corrected chi connectivity index (χ1v) is 8.55. The van der Waals surface area contributed by atoms with Gasteiger partial charge in [0.15, 0.2) is 0 Å². The molecule has 1 aliphatic heterocycles. The zero-order valence-electron chi connectivity index (χ0n) is 14.6. The van der Waals surface area contributed by atoms with E-state index in [2.05, 4.69) is 24.1 Å². The van der Waals surface area contributed by atoms with Gasteiger partial charge in [0.25, 0.3) is 0 Å². The molecule has 0 bridgehead atoms. The van der Waals surface area contributed by atoms with Crippen molar-refractivity contribution in [3.05, 3.63) is 0 Å². The molecular formula is C17H34N2O2. The number of alkyl carbamates (subject to hydrolysis) is 1. The van der Waals surface area contributed by atoms with Gasteiger partial charge in [-0.25, -0.2) is 4.79 Å². The Morgan fingerprint density at radius 1 is 1.38 bits per heavy atom. The van der Waals surface area contributed by atoms with Crippen molar-refractivity contribution in [2.45, 2.75) is 84.9 Å². The van der Waals surface area contributed by atoms with Gasteiger partial charge in [0, 0.05) is 13.1 Å². The van der Waals surface area contributed by atoms with E-state index in [-0.39, 0.29) is 12.3 Å². The van der Waals surface area contributed by atoms with Crippen molar-refractivity contribution in [1.82, 2.24) is 10.2 Å². The number of likely N-dealkylation sites (tertiary alicyclic amines) is 1. The van der Waals surface area contributed by atoms with Crippen molar-refractivity contribution >= 4 is 6.09 Å². The zero-order valence-corrected chi connectivity index (χ0v) is 14.6. The average molecular weight is 298 g/mol. The Bertz CT molecular complexity index is 312. The summed E-state index contributed by atoms with van der Waals surface area (Å²) in [5.41, 5.74) is -0.430. The molecule has 4 nitrogen and oxygen atoms in total. The highest BCUT2D eigenvalue weighted by atomic mass is 16.6. The summed E-state index contributed by atoms with van der Waals surface area (Å²) in [7, 11) is 0. The van der Waals surface area contributed by atoms with E-state index in [0.29, 0.717) is 0 Å². The molecule has 0 saturated carbocycles. The number of piperidine rings is 1. The number of nitrogens with one attached hydrogen (secondary N) is 1. The van der Waals surface area contributed by atoms with Crippen LogP contribution in [0.4, 0.5) is 4.79 Å². The second kappa shape index (κ2) is 8.62. The molecule has 1 saturated heterocycles. The fraction of sp³-hybridized carbons (Fsp3) is 0.941. The first kappa shape index (κ1) is 18.3. The highest BCUT2D eigenvalue weighted by Crippen LogP contribution is 2.18. The van der Waals surface area contributed by atoms with Crippen LogP contribution in [0.3, 0.4) is 0 Å². The second-order valence-electron chi connectivity index (χ2n) is 7.35. The van der Waals surface area contributed by atoms with Crippen LogP contribution in [0, 0.1) is 5.92 Å². The summed E-state index contributed by atoms with van der Waals surface area (Å²) in [4.78, 5) is 14.4. The third kappa shape index (κ3) is 7.70. The van der Waals surface area contributed by atoms with Crippen molar-refractivity contribution in [2.24, 2.45) is 5.92 Å². The summed E-state index contributed by atoms with van der Waals surface area (Å²) in [6, 6.07) is 0. The number of nitrogens with zero attached hydrogens (tertiary/aromatic N) is 1. The molecule has 0 spiro atoms. The first-order chi connectivity index (χ1) is 9.81. The Labute approximate surface area is 130 Å². The molecule has 2 atom stereocenters. The van der Waals surface area contributed by atoms with E-state index < -0.39 is 5.60 Å². The van der Waals surface area contributed by atoms with Crippen LogP contribution in [-0.2, 0) is 4.74 Å². The van der Waals surface area contributed by atoms with E-state index in [1.807, 2.05) is 20.8 Å². The predicted octanol–water partition coefficient (Wildman–Crippen LogP) is 4.15. The maximum absolute atomic E-state index is 11.9. The van der Waals surface area contributed by atoms with Crippen molar-refractivity contribution in [3.8, 4) is 0 Å². The van der Waals surface area contributed by atoms with Crippen molar-refractivity contribution in [3.63, 3.8) is 0 Å². The minimum Gasteiger partial charge on any atom is -0.444 e. The number of rotatable bonds is 6. The molecule has 1 aliphatic rings. The number of hydrogen-bond acceptors (Lipinski definition) is 3. The van der Waals surface area contributed by atoms with E-state index >= 15 is 0 Å². The minimum absolute atomic E-state index is 0.144. The van der Waals surface area contributed by atoms with Crippen LogP contribution in [0.2, 0.25) is 0 Å². The summed E-state index contributed by atoms with van der Waals surface area (Å²) in [6.45, 7) is 12.4. The molecule has 1 unspecified atom stereocenters. The lowest BCUT2D eigenvalue weighted by Gasteiger charge is -2.36. The van der Waals surface area contributed by atoms with Crippen molar-refractivity contribution < 1.29 is 9.53 Å². The number of carbonyl (C=O) groups is 1. The first-order valence-electron chi connectivity index (χ1n) is 8.55. The lowest BCUT2D eigenvalue weighted by atomic mass is 10.0. The van der Waals surface area contributed by atoms with E-state index in [0.717, 1.165) is 25.4 Å². The summed E-state index contributed by atoms with van der Waals surface area (Å²) in [5.74, 6) is 0.798. The van der Waals surface area contributed by atoms with E-state index in [1.54, 1.807) is 0 Å². The Hall–Kier alpha value is -0.770. The van der Waals surface area contributed by atoms with E-state index in [9.17, 15) is 4.79 Å². The number of carbonyl (C=O) groups excluding carboxylic acids is 1. The van der Waals surface area contributed by atoms with Crippen LogP contribution >= 0.6 is 0 Å². The monoisotopic (exact) mass is 298 g/mol. The van der Waals surface area contributed by atoms with Crippen LogP contribution < -0.4 is 5.32 Å². The summed E-state index contributed by atoms with van der Waals surface area (Å²) in [6.07, 6.45) is 7.03. The third-order valence-electron chi connectivity index (χ3n) is 4.14. The van der Waals surface area contributed by atoms with Gasteiger partial charge in [-0.2, -0.15) is 0 Å².